The number of phenols is 1. The summed E-state index contributed by atoms with van der Waals surface area (Å²) in [5, 5.41) is 11.0. The zero-order chi connectivity index (χ0) is 21.1. The van der Waals surface area contributed by atoms with Gasteiger partial charge in [0.05, 0.1) is 5.56 Å². The van der Waals surface area contributed by atoms with E-state index in [0.717, 1.165) is 30.4 Å². The second-order valence-electron chi connectivity index (χ2n) is 9.49. The highest BCUT2D eigenvalue weighted by molar-refractivity contribution is 5.93. The van der Waals surface area contributed by atoms with Crippen molar-refractivity contribution >= 4 is 5.97 Å². The minimum absolute atomic E-state index is 0.209. The maximum Gasteiger partial charge on any atom is 0.343 e. The molecule has 0 heterocycles. The highest BCUT2D eigenvalue weighted by atomic mass is 16.5. The van der Waals surface area contributed by atoms with Gasteiger partial charge in [-0.25, -0.2) is 4.79 Å². The molecule has 0 aliphatic heterocycles. The molecule has 152 valence electrons. The summed E-state index contributed by atoms with van der Waals surface area (Å²) in [6.07, 6.45) is 2.94. The molecule has 2 aromatic rings. The number of hydrogen-bond donors (Lipinski definition) is 1. The average Bonchev–Trinajstić information content (AvgIpc) is 2.58. The summed E-state index contributed by atoms with van der Waals surface area (Å²) in [7, 11) is 0. The molecule has 2 rings (SSSR count). The number of benzene rings is 2. The minimum atomic E-state index is -0.375. The van der Waals surface area contributed by atoms with Gasteiger partial charge in [0.25, 0.3) is 0 Å². The Morgan fingerprint density at radius 3 is 2.18 bits per heavy atom. The van der Waals surface area contributed by atoms with Crippen molar-refractivity contribution < 1.29 is 14.6 Å². The van der Waals surface area contributed by atoms with Crippen LogP contribution in [0.3, 0.4) is 0 Å². The Morgan fingerprint density at radius 2 is 1.61 bits per heavy atom. The Morgan fingerprint density at radius 1 is 0.964 bits per heavy atom. The Kier molecular flexibility index (Phi) is 6.59. The summed E-state index contributed by atoms with van der Waals surface area (Å²) in [5.74, 6) is 0.262. The van der Waals surface area contributed by atoms with Gasteiger partial charge in [-0.2, -0.15) is 0 Å². The highest BCUT2D eigenvalue weighted by Gasteiger charge is 2.30. The summed E-state index contributed by atoms with van der Waals surface area (Å²) in [6.45, 7) is 14.4. The zero-order valence-electron chi connectivity index (χ0n) is 18.3. The molecule has 1 N–H and O–H groups in total. The SMILES string of the molecule is CCCCc1ccccc1C(=O)Oc1ccc(C(C)(C)C)c(O)c1C(C)(C)C. The van der Waals surface area contributed by atoms with Crippen LogP contribution >= 0.6 is 0 Å². The van der Waals surface area contributed by atoms with E-state index in [4.69, 9.17) is 4.74 Å². The van der Waals surface area contributed by atoms with E-state index in [1.807, 2.05) is 57.2 Å². The third kappa shape index (κ3) is 4.95. The van der Waals surface area contributed by atoms with E-state index in [2.05, 4.69) is 27.7 Å². The second-order valence-corrected chi connectivity index (χ2v) is 9.49. The van der Waals surface area contributed by atoms with Crippen molar-refractivity contribution in [2.75, 3.05) is 0 Å². The Hall–Kier alpha value is -2.29. The van der Waals surface area contributed by atoms with E-state index in [1.54, 1.807) is 0 Å². The largest absolute Gasteiger partial charge is 0.507 e. The average molecular weight is 383 g/mol. The van der Waals surface area contributed by atoms with Crippen molar-refractivity contribution in [3.63, 3.8) is 0 Å². The smallest absolute Gasteiger partial charge is 0.343 e. The van der Waals surface area contributed by atoms with Crippen molar-refractivity contribution in [3.05, 3.63) is 58.7 Å². The van der Waals surface area contributed by atoms with Gasteiger partial charge >= 0.3 is 5.97 Å². The van der Waals surface area contributed by atoms with E-state index in [9.17, 15) is 9.90 Å². The van der Waals surface area contributed by atoms with Gasteiger partial charge in [0.2, 0.25) is 0 Å². The van der Waals surface area contributed by atoms with Crippen LogP contribution < -0.4 is 4.74 Å². The fraction of sp³-hybridized carbons (Fsp3) is 0.480. The van der Waals surface area contributed by atoms with E-state index >= 15 is 0 Å². The number of aromatic hydroxyl groups is 1. The van der Waals surface area contributed by atoms with Gasteiger partial charge in [-0.05, 0) is 46.9 Å². The molecule has 0 aliphatic rings. The molecule has 3 heteroatoms. The fourth-order valence-corrected chi connectivity index (χ4v) is 3.45. The lowest BCUT2D eigenvalue weighted by atomic mass is 9.79. The van der Waals surface area contributed by atoms with Gasteiger partial charge in [0.15, 0.2) is 0 Å². The molecule has 3 nitrogen and oxygen atoms in total. The van der Waals surface area contributed by atoms with E-state index in [1.165, 1.54) is 0 Å². The third-order valence-corrected chi connectivity index (χ3v) is 4.94. The van der Waals surface area contributed by atoms with Crippen LogP contribution in [0.15, 0.2) is 36.4 Å². The van der Waals surface area contributed by atoms with Gasteiger partial charge in [-0.3, -0.25) is 0 Å². The molecule has 0 spiro atoms. The van der Waals surface area contributed by atoms with Gasteiger partial charge in [-0.1, -0.05) is 79.2 Å². The Bertz CT molecular complexity index is 836. The quantitative estimate of drug-likeness (QED) is 0.471. The third-order valence-electron chi connectivity index (χ3n) is 4.94. The molecule has 0 saturated carbocycles. The number of phenolic OH excluding ortho intramolecular Hbond substituents is 1. The van der Waals surface area contributed by atoms with Crippen molar-refractivity contribution in [3.8, 4) is 11.5 Å². The highest BCUT2D eigenvalue weighted by Crippen LogP contribution is 2.44. The number of ether oxygens (including phenoxy) is 1. The summed E-state index contributed by atoms with van der Waals surface area (Å²) in [4.78, 5) is 13.0. The van der Waals surface area contributed by atoms with Crippen LogP contribution in [-0.2, 0) is 17.3 Å². The molecule has 0 aliphatic carbocycles. The maximum atomic E-state index is 13.0. The lowest BCUT2D eigenvalue weighted by Crippen LogP contribution is -2.20. The minimum Gasteiger partial charge on any atom is -0.507 e. The summed E-state index contributed by atoms with van der Waals surface area (Å²) < 4.78 is 5.83. The number of carbonyl (C=O) groups excluding carboxylic acids is 1. The molecule has 0 bridgehead atoms. The fourth-order valence-electron chi connectivity index (χ4n) is 3.45. The number of hydrogen-bond acceptors (Lipinski definition) is 3. The monoisotopic (exact) mass is 382 g/mol. The number of rotatable bonds is 5. The van der Waals surface area contributed by atoms with Crippen molar-refractivity contribution in [1.29, 1.82) is 0 Å². The molecule has 0 amide bonds. The maximum absolute atomic E-state index is 13.0. The molecule has 0 unspecified atom stereocenters. The van der Waals surface area contributed by atoms with E-state index < -0.39 is 0 Å². The van der Waals surface area contributed by atoms with Crippen LogP contribution in [0.25, 0.3) is 0 Å². The van der Waals surface area contributed by atoms with Gasteiger partial charge in [0, 0.05) is 5.56 Å². The number of carbonyl (C=O) groups is 1. The Balaban J connectivity index is 2.47. The van der Waals surface area contributed by atoms with Crippen LogP contribution in [0.4, 0.5) is 0 Å². The molecule has 0 aromatic heterocycles. The number of unbranched alkanes of at least 4 members (excludes halogenated alkanes) is 1. The van der Waals surface area contributed by atoms with Crippen LogP contribution in [0.1, 0.15) is 88.4 Å². The molecule has 0 atom stereocenters. The summed E-state index contributed by atoms with van der Waals surface area (Å²) >= 11 is 0. The second kappa shape index (κ2) is 8.38. The normalized spacial score (nSPS) is 12.1. The van der Waals surface area contributed by atoms with Crippen LogP contribution in [0.2, 0.25) is 0 Å². The summed E-state index contributed by atoms with van der Waals surface area (Å²) in [5.41, 5.74) is 2.53. The summed E-state index contributed by atoms with van der Waals surface area (Å²) in [6, 6.07) is 11.3. The molecule has 0 radical (unpaired) electrons. The number of esters is 1. The molecule has 0 fully saturated rings. The van der Waals surface area contributed by atoms with Gasteiger partial charge in [0.1, 0.15) is 11.5 Å². The first kappa shape index (κ1) is 22.0. The van der Waals surface area contributed by atoms with Crippen LogP contribution in [0.5, 0.6) is 11.5 Å². The Labute approximate surface area is 169 Å². The van der Waals surface area contributed by atoms with Crippen LogP contribution in [-0.4, -0.2) is 11.1 Å². The lowest BCUT2D eigenvalue weighted by Gasteiger charge is -2.28. The topological polar surface area (TPSA) is 46.5 Å². The van der Waals surface area contributed by atoms with E-state index in [0.29, 0.717) is 16.9 Å². The first-order valence-corrected chi connectivity index (χ1v) is 10.1. The number of aryl methyl sites for hydroxylation is 1. The zero-order valence-corrected chi connectivity index (χ0v) is 18.3. The molecule has 28 heavy (non-hydrogen) atoms. The molecular formula is C25H34O3. The molecule has 2 aromatic carbocycles. The predicted octanol–water partition coefficient (Wildman–Crippen LogP) is 6.55. The van der Waals surface area contributed by atoms with Crippen molar-refractivity contribution in [2.24, 2.45) is 0 Å². The predicted molar refractivity (Wildman–Crippen MR) is 116 cm³/mol. The van der Waals surface area contributed by atoms with Crippen LogP contribution in [0, 0.1) is 0 Å². The van der Waals surface area contributed by atoms with E-state index in [-0.39, 0.29) is 22.5 Å². The van der Waals surface area contributed by atoms with Crippen molar-refractivity contribution in [1.82, 2.24) is 0 Å². The lowest BCUT2D eigenvalue weighted by molar-refractivity contribution is 0.0730. The van der Waals surface area contributed by atoms with Gasteiger partial charge < -0.3 is 9.84 Å². The molecular weight excluding hydrogens is 348 g/mol. The van der Waals surface area contributed by atoms with Gasteiger partial charge in [-0.15, -0.1) is 0 Å². The standard InChI is InChI=1S/C25H34O3/c1-8-9-12-17-13-10-11-14-18(17)23(27)28-20-16-15-19(24(2,3)4)22(26)21(20)25(5,6)7/h10-11,13-16,26H,8-9,12H2,1-7H3. The first-order valence-electron chi connectivity index (χ1n) is 10.1. The molecule has 0 saturated heterocycles. The van der Waals surface area contributed by atoms with Crippen molar-refractivity contribution in [2.45, 2.75) is 78.6 Å². The first-order chi connectivity index (χ1) is 13.0.